The van der Waals surface area contributed by atoms with Gasteiger partial charge in [-0.2, -0.15) is 0 Å². The first-order valence-corrected chi connectivity index (χ1v) is 8.77. The van der Waals surface area contributed by atoms with E-state index in [-0.39, 0.29) is 81.8 Å². The predicted molar refractivity (Wildman–Crippen MR) is 103 cm³/mol. The molecule has 9 heteroatoms. The topological polar surface area (TPSA) is 122 Å². The van der Waals surface area contributed by atoms with Gasteiger partial charge in [-0.3, -0.25) is 19.4 Å². The van der Waals surface area contributed by atoms with Crippen LogP contribution in [0, 0.1) is 0 Å². The average molecular weight is 412 g/mol. The van der Waals surface area contributed by atoms with E-state index >= 15 is 0 Å². The number of carboxylic acid groups (broad SMARTS) is 2. The van der Waals surface area contributed by atoms with Crippen molar-refractivity contribution in [1.82, 2.24) is 9.80 Å². The van der Waals surface area contributed by atoms with Crippen molar-refractivity contribution in [3.63, 3.8) is 0 Å². The van der Waals surface area contributed by atoms with Crippen molar-refractivity contribution in [2.75, 3.05) is 26.2 Å². The Kier molecular flexibility index (Phi) is 10.7. The zero-order valence-electron chi connectivity index (χ0n) is 17.4. The minimum atomic E-state index is -1.01. The number of phenolic OH excluding ortho intramolecular Hbond substituents is 2. The van der Waals surface area contributed by atoms with Crippen LogP contribution in [0.1, 0.15) is 12.6 Å². The molecule has 0 saturated heterocycles. The molecule has 0 amide bonds. The van der Waals surface area contributed by atoms with Crippen molar-refractivity contribution in [3.8, 4) is 11.5 Å². The van der Waals surface area contributed by atoms with Gasteiger partial charge in [0.2, 0.25) is 0 Å². The predicted octanol–water partition coefficient (Wildman–Crippen LogP) is -1.31. The Morgan fingerprint density at radius 2 is 1.07 bits per heavy atom. The van der Waals surface area contributed by atoms with Gasteiger partial charge in [-0.15, -0.1) is 0 Å². The second-order valence-corrected chi connectivity index (χ2v) is 6.47. The standard InChI is InChI=1S/C20H24N2O6.Na.H/c23-17-7-3-1-5-15(17)11-21(13-19(25)26)9-10-22(14-20(27)28)12-16-6-2-4-8-18(16)24;;/h1-8,23-24H,9-14H2,(H,25,26)(H,27,28);;/q;+1;-1. The molecule has 0 unspecified atom stereocenters. The number of nitrogens with zero attached hydrogens (tertiary/aromatic N) is 2. The molecule has 0 spiro atoms. The maximum Gasteiger partial charge on any atom is 1.00 e. The molecule has 0 bridgehead atoms. The molecule has 0 fully saturated rings. The Labute approximate surface area is 192 Å². The Balaban J connectivity index is 0.00000420. The SMILES string of the molecule is O=C(O)CN(CCN(CC(=O)O)Cc1ccccc1O)Cc1ccccc1O.[H-].[Na+]. The van der Waals surface area contributed by atoms with Crippen LogP contribution in [0.15, 0.2) is 48.5 Å². The summed E-state index contributed by atoms with van der Waals surface area (Å²) >= 11 is 0. The molecule has 0 heterocycles. The number of carbonyl (C=O) groups is 2. The Morgan fingerprint density at radius 3 is 1.38 bits per heavy atom. The van der Waals surface area contributed by atoms with Crippen LogP contribution >= 0.6 is 0 Å². The van der Waals surface area contributed by atoms with Crippen LogP contribution in [0.3, 0.4) is 0 Å². The molecule has 4 N–H and O–H groups in total. The number of phenols is 2. The van der Waals surface area contributed by atoms with Crippen LogP contribution in [-0.4, -0.2) is 68.3 Å². The van der Waals surface area contributed by atoms with Crippen LogP contribution in [0.2, 0.25) is 0 Å². The summed E-state index contributed by atoms with van der Waals surface area (Å²) in [4.78, 5) is 25.6. The minimum absolute atomic E-state index is 0. The first-order valence-electron chi connectivity index (χ1n) is 8.77. The van der Waals surface area contributed by atoms with Crippen molar-refractivity contribution in [2.24, 2.45) is 0 Å². The van der Waals surface area contributed by atoms with E-state index in [9.17, 15) is 19.8 Å². The van der Waals surface area contributed by atoms with Gasteiger partial charge in [-0.1, -0.05) is 36.4 Å². The molecule has 152 valence electrons. The van der Waals surface area contributed by atoms with Crippen LogP contribution in [0.25, 0.3) is 0 Å². The number of para-hydroxylation sites is 2. The van der Waals surface area contributed by atoms with E-state index in [2.05, 4.69) is 0 Å². The first kappa shape index (κ1) is 24.9. The summed E-state index contributed by atoms with van der Waals surface area (Å²) in [7, 11) is 0. The summed E-state index contributed by atoms with van der Waals surface area (Å²) in [6.45, 7) is 0.508. The number of rotatable bonds is 11. The van der Waals surface area contributed by atoms with Crippen molar-refractivity contribution in [1.29, 1.82) is 0 Å². The normalized spacial score (nSPS) is 10.7. The molecular formula is C20H25N2NaO6. The van der Waals surface area contributed by atoms with E-state index in [0.29, 0.717) is 11.1 Å². The molecule has 2 aromatic rings. The maximum absolute atomic E-state index is 11.2. The molecular weight excluding hydrogens is 387 g/mol. The molecule has 29 heavy (non-hydrogen) atoms. The largest absolute Gasteiger partial charge is 1.00 e. The van der Waals surface area contributed by atoms with Crippen LogP contribution in [0.4, 0.5) is 0 Å². The summed E-state index contributed by atoms with van der Waals surface area (Å²) in [5.41, 5.74) is 1.18. The van der Waals surface area contributed by atoms with E-state index in [1.54, 1.807) is 46.2 Å². The van der Waals surface area contributed by atoms with Gasteiger partial charge in [0.1, 0.15) is 11.5 Å². The monoisotopic (exact) mass is 412 g/mol. The van der Waals surface area contributed by atoms with E-state index in [4.69, 9.17) is 10.2 Å². The van der Waals surface area contributed by atoms with Crippen LogP contribution < -0.4 is 29.6 Å². The van der Waals surface area contributed by atoms with E-state index in [0.717, 1.165) is 0 Å². The van der Waals surface area contributed by atoms with Crippen molar-refractivity contribution in [3.05, 3.63) is 59.7 Å². The van der Waals surface area contributed by atoms with Gasteiger partial charge in [0, 0.05) is 37.3 Å². The Hall–Kier alpha value is -2.10. The Morgan fingerprint density at radius 1 is 0.724 bits per heavy atom. The van der Waals surface area contributed by atoms with Gasteiger partial charge in [0.25, 0.3) is 0 Å². The van der Waals surface area contributed by atoms with E-state index in [1.165, 1.54) is 12.1 Å². The fourth-order valence-electron chi connectivity index (χ4n) is 2.86. The van der Waals surface area contributed by atoms with Gasteiger partial charge < -0.3 is 21.9 Å². The van der Waals surface area contributed by atoms with E-state index in [1.807, 2.05) is 0 Å². The van der Waals surface area contributed by atoms with Crippen molar-refractivity contribution >= 4 is 11.9 Å². The number of hydrogen-bond donors (Lipinski definition) is 4. The molecule has 0 aliphatic carbocycles. The fraction of sp³-hybridized carbons (Fsp3) is 0.300. The molecule has 0 aliphatic heterocycles. The summed E-state index contributed by atoms with van der Waals surface area (Å²) in [5, 5.41) is 38.2. The average Bonchev–Trinajstić information content (AvgIpc) is 2.62. The molecule has 2 rings (SSSR count). The zero-order valence-corrected chi connectivity index (χ0v) is 18.4. The maximum atomic E-state index is 11.2. The van der Waals surface area contributed by atoms with Crippen LogP contribution in [0.5, 0.6) is 11.5 Å². The third kappa shape index (κ3) is 8.84. The van der Waals surface area contributed by atoms with Gasteiger partial charge in [0.05, 0.1) is 13.1 Å². The fourth-order valence-corrected chi connectivity index (χ4v) is 2.86. The van der Waals surface area contributed by atoms with Crippen molar-refractivity contribution < 1.29 is 61.0 Å². The van der Waals surface area contributed by atoms with Gasteiger partial charge in [-0.05, 0) is 12.1 Å². The second kappa shape index (κ2) is 12.5. The number of hydrogen-bond acceptors (Lipinski definition) is 6. The van der Waals surface area contributed by atoms with Gasteiger partial charge in [-0.25, -0.2) is 0 Å². The van der Waals surface area contributed by atoms with Crippen LogP contribution in [-0.2, 0) is 22.7 Å². The molecule has 0 atom stereocenters. The van der Waals surface area contributed by atoms with E-state index < -0.39 is 11.9 Å². The first-order chi connectivity index (χ1) is 13.3. The summed E-state index contributed by atoms with van der Waals surface area (Å²) in [6, 6.07) is 13.4. The zero-order chi connectivity index (χ0) is 20.5. The summed E-state index contributed by atoms with van der Waals surface area (Å²) in [5.74, 6) is -1.87. The molecule has 0 aliphatic rings. The summed E-state index contributed by atoms with van der Waals surface area (Å²) in [6.07, 6.45) is 0. The Bertz CT molecular complexity index is 756. The smallest absolute Gasteiger partial charge is 1.00 e. The number of benzene rings is 2. The van der Waals surface area contributed by atoms with Gasteiger partial charge >= 0.3 is 41.5 Å². The quantitative estimate of drug-likeness (QED) is 0.336. The molecule has 0 radical (unpaired) electrons. The minimum Gasteiger partial charge on any atom is -1.00 e. The summed E-state index contributed by atoms with van der Waals surface area (Å²) < 4.78 is 0. The molecule has 0 saturated carbocycles. The third-order valence-electron chi connectivity index (χ3n) is 4.22. The number of aliphatic carboxylic acids is 2. The van der Waals surface area contributed by atoms with Crippen molar-refractivity contribution in [2.45, 2.75) is 13.1 Å². The molecule has 2 aromatic carbocycles. The van der Waals surface area contributed by atoms with Gasteiger partial charge in [0.15, 0.2) is 0 Å². The number of carboxylic acids is 2. The number of aromatic hydroxyl groups is 2. The molecule has 0 aromatic heterocycles. The third-order valence-corrected chi connectivity index (χ3v) is 4.22. The molecule has 8 nitrogen and oxygen atoms in total. The second-order valence-electron chi connectivity index (χ2n) is 6.47.